The molecule has 0 aliphatic carbocycles. The van der Waals surface area contributed by atoms with Crippen LogP contribution >= 0.6 is 0 Å². The Morgan fingerprint density at radius 2 is 2.22 bits per heavy atom. The molecule has 0 spiro atoms. The van der Waals surface area contributed by atoms with Crippen LogP contribution in [0.3, 0.4) is 0 Å². The average molecular weight is 310 g/mol. The molecule has 0 fully saturated rings. The lowest BCUT2D eigenvalue weighted by Crippen LogP contribution is -2.24. The van der Waals surface area contributed by atoms with Gasteiger partial charge in [-0.05, 0) is 30.3 Å². The molecule has 3 rings (SSSR count). The zero-order valence-corrected chi connectivity index (χ0v) is 12.9. The average Bonchev–Trinajstić information content (AvgIpc) is 3.01. The van der Waals surface area contributed by atoms with Crippen molar-refractivity contribution in [3.05, 3.63) is 54.5 Å². The van der Waals surface area contributed by atoms with Crippen LogP contribution in [-0.4, -0.2) is 27.8 Å². The summed E-state index contributed by atoms with van der Waals surface area (Å²) in [6.45, 7) is 0.973. The van der Waals surface area contributed by atoms with Crippen LogP contribution in [0.25, 0.3) is 10.9 Å². The molecule has 6 heteroatoms. The summed E-state index contributed by atoms with van der Waals surface area (Å²) in [7, 11) is 1.64. The standard InChI is InChI=1S/C17H18N4O2/c1-23-15-5-6-16-13(10-15)11-20-21(16)9-7-17(22)19-12-14-4-2-3-8-18-14/h2-6,8,10-11H,7,9,12H2,1H3,(H,19,22). The number of methoxy groups -OCH3 is 1. The molecular weight excluding hydrogens is 292 g/mol. The monoisotopic (exact) mass is 310 g/mol. The van der Waals surface area contributed by atoms with Crippen LogP contribution in [0.5, 0.6) is 5.75 Å². The van der Waals surface area contributed by atoms with Gasteiger partial charge in [0.25, 0.3) is 0 Å². The topological polar surface area (TPSA) is 69.0 Å². The number of pyridine rings is 1. The first kappa shape index (κ1) is 15.0. The highest BCUT2D eigenvalue weighted by Crippen LogP contribution is 2.20. The minimum atomic E-state index is -0.0205. The van der Waals surface area contributed by atoms with Crippen molar-refractivity contribution in [2.45, 2.75) is 19.5 Å². The third kappa shape index (κ3) is 3.66. The Morgan fingerprint density at radius 3 is 3.00 bits per heavy atom. The third-order valence-electron chi connectivity index (χ3n) is 3.59. The van der Waals surface area contributed by atoms with Crippen LogP contribution in [0, 0.1) is 0 Å². The highest BCUT2D eigenvalue weighted by atomic mass is 16.5. The van der Waals surface area contributed by atoms with E-state index in [4.69, 9.17) is 4.74 Å². The third-order valence-corrected chi connectivity index (χ3v) is 3.59. The van der Waals surface area contributed by atoms with Crippen LogP contribution in [0.4, 0.5) is 0 Å². The van der Waals surface area contributed by atoms with Crippen LogP contribution in [-0.2, 0) is 17.9 Å². The van der Waals surface area contributed by atoms with E-state index in [0.29, 0.717) is 19.5 Å². The molecule has 1 amide bonds. The minimum absolute atomic E-state index is 0.0205. The summed E-state index contributed by atoms with van der Waals surface area (Å²) in [5.41, 5.74) is 1.83. The fourth-order valence-electron chi connectivity index (χ4n) is 2.36. The quantitative estimate of drug-likeness (QED) is 0.757. The van der Waals surface area contributed by atoms with Gasteiger partial charge in [0.2, 0.25) is 5.91 Å². The van der Waals surface area contributed by atoms with Crippen molar-refractivity contribution in [1.82, 2.24) is 20.1 Å². The molecular formula is C17H18N4O2. The summed E-state index contributed by atoms with van der Waals surface area (Å²) in [5.74, 6) is 0.776. The molecule has 0 atom stereocenters. The molecule has 23 heavy (non-hydrogen) atoms. The molecule has 0 aliphatic heterocycles. The van der Waals surface area contributed by atoms with E-state index in [0.717, 1.165) is 22.3 Å². The number of amides is 1. The Labute approximate surface area is 134 Å². The Balaban J connectivity index is 1.56. The normalized spacial score (nSPS) is 10.7. The van der Waals surface area contributed by atoms with Crippen molar-refractivity contribution in [1.29, 1.82) is 0 Å². The Kier molecular flexibility index (Phi) is 4.52. The second-order valence-corrected chi connectivity index (χ2v) is 5.14. The lowest BCUT2D eigenvalue weighted by atomic mass is 10.2. The SMILES string of the molecule is COc1ccc2c(cnn2CCC(=O)NCc2ccccn2)c1. The Hall–Kier alpha value is -2.89. The zero-order chi connectivity index (χ0) is 16.1. The molecule has 0 saturated carbocycles. The fourth-order valence-corrected chi connectivity index (χ4v) is 2.36. The molecule has 1 N–H and O–H groups in total. The summed E-state index contributed by atoms with van der Waals surface area (Å²) >= 11 is 0. The number of carbonyl (C=O) groups excluding carboxylic acids is 1. The van der Waals surface area contributed by atoms with Crippen molar-refractivity contribution in [3.63, 3.8) is 0 Å². The number of carbonyl (C=O) groups is 1. The Morgan fingerprint density at radius 1 is 1.30 bits per heavy atom. The zero-order valence-electron chi connectivity index (χ0n) is 12.9. The van der Waals surface area contributed by atoms with Crippen molar-refractivity contribution in [2.24, 2.45) is 0 Å². The highest BCUT2D eigenvalue weighted by molar-refractivity contribution is 5.80. The first-order valence-corrected chi connectivity index (χ1v) is 7.42. The maximum Gasteiger partial charge on any atom is 0.222 e. The van der Waals surface area contributed by atoms with Crippen LogP contribution in [0.2, 0.25) is 0 Å². The molecule has 118 valence electrons. The van der Waals surface area contributed by atoms with Gasteiger partial charge in [-0.15, -0.1) is 0 Å². The summed E-state index contributed by atoms with van der Waals surface area (Å²) in [5, 5.41) is 8.19. The maximum atomic E-state index is 11.9. The molecule has 2 heterocycles. The first-order valence-electron chi connectivity index (χ1n) is 7.42. The molecule has 3 aromatic rings. The number of benzene rings is 1. The van der Waals surface area contributed by atoms with Gasteiger partial charge in [-0.2, -0.15) is 5.10 Å². The molecule has 0 saturated heterocycles. The van der Waals surface area contributed by atoms with Gasteiger partial charge in [0.1, 0.15) is 5.75 Å². The molecule has 0 aliphatic rings. The van der Waals surface area contributed by atoms with E-state index in [2.05, 4.69) is 15.4 Å². The maximum absolute atomic E-state index is 11.9. The summed E-state index contributed by atoms with van der Waals surface area (Å²) in [4.78, 5) is 16.1. The first-order chi connectivity index (χ1) is 11.3. The van der Waals surface area contributed by atoms with E-state index in [1.807, 2.05) is 41.1 Å². The molecule has 2 aromatic heterocycles. The lowest BCUT2D eigenvalue weighted by molar-refractivity contribution is -0.121. The second-order valence-electron chi connectivity index (χ2n) is 5.14. The fraction of sp³-hybridized carbons (Fsp3) is 0.235. The number of rotatable bonds is 6. The number of aromatic nitrogens is 3. The Bertz CT molecular complexity index is 799. The number of nitrogens with one attached hydrogen (secondary N) is 1. The lowest BCUT2D eigenvalue weighted by Gasteiger charge is -2.06. The largest absolute Gasteiger partial charge is 0.497 e. The number of aryl methyl sites for hydroxylation is 1. The van der Waals surface area contributed by atoms with Gasteiger partial charge in [-0.25, -0.2) is 0 Å². The molecule has 1 aromatic carbocycles. The summed E-state index contributed by atoms with van der Waals surface area (Å²) < 4.78 is 7.03. The predicted octanol–water partition coefficient (Wildman–Crippen LogP) is 2.15. The van der Waals surface area contributed by atoms with Gasteiger partial charge in [0.05, 0.1) is 37.6 Å². The van der Waals surface area contributed by atoms with Gasteiger partial charge in [-0.1, -0.05) is 6.07 Å². The number of ether oxygens (including phenoxy) is 1. The summed E-state index contributed by atoms with van der Waals surface area (Å²) in [6.07, 6.45) is 3.87. The van der Waals surface area contributed by atoms with Crippen molar-refractivity contribution >= 4 is 16.8 Å². The number of nitrogens with zero attached hydrogens (tertiary/aromatic N) is 3. The van der Waals surface area contributed by atoms with Crippen LogP contribution in [0.1, 0.15) is 12.1 Å². The van der Waals surface area contributed by atoms with Crippen molar-refractivity contribution < 1.29 is 9.53 Å². The number of hydrogen-bond acceptors (Lipinski definition) is 4. The van der Waals surface area contributed by atoms with E-state index in [1.54, 1.807) is 19.5 Å². The molecule has 0 unspecified atom stereocenters. The van der Waals surface area contributed by atoms with Gasteiger partial charge in [0.15, 0.2) is 0 Å². The van der Waals surface area contributed by atoms with E-state index in [1.165, 1.54) is 0 Å². The van der Waals surface area contributed by atoms with Crippen LogP contribution < -0.4 is 10.1 Å². The predicted molar refractivity (Wildman–Crippen MR) is 87.0 cm³/mol. The van der Waals surface area contributed by atoms with E-state index >= 15 is 0 Å². The number of hydrogen-bond donors (Lipinski definition) is 1. The van der Waals surface area contributed by atoms with Gasteiger partial charge in [-0.3, -0.25) is 14.5 Å². The summed E-state index contributed by atoms with van der Waals surface area (Å²) in [6, 6.07) is 11.4. The van der Waals surface area contributed by atoms with Gasteiger partial charge < -0.3 is 10.1 Å². The molecule has 0 radical (unpaired) electrons. The van der Waals surface area contributed by atoms with Gasteiger partial charge >= 0.3 is 0 Å². The van der Waals surface area contributed by atoms with E-state index < -0.39 is 0 Å². The number of fused-ring (bicyclic) bond motifs is 1. The van der Waals surface area contributed by atoms with Crippen molar-refractivity contribution in [3.8, 4) is 5.75 Å². The van der Waals surface area contributed by atoms with Gasteiger partial charge in [0, 0.05) is 18.0 Å². The molecule has 6 nitrogen and oxygen atoms in total. The minimum Gasteiger partial charge on any atom is -0.497 e. The van der Waals surface area contributed by atoms with E-state index in [9.17, 15) is 4.79 Å². The van der Waals surface area contributed by atoms with E-state index in [-0.39, 0.29) is 5.91 Å². The van der Waals surface area contributed by atoms with Crippen LogP contribution in [0.15, 0.2) is 48.8 Å². The second kappa shape index (κ2) is 6.91. The smallest absolute Gasteiger partial charge is 0.222 e. The highest BCUT2D eigenvalue weighted by Gasteiger charge is 2.07. The molecule has 0 bridgehead atoms. The van der Waals surface area contributed by atoms with Crippen molar-refractivity contribution in [2.75, 3.05) is 7.11 Å².